The summed E-state index contributed by atoms with van der Waals surface area (Å²) in [4.78, 5) is 2.06. The minimum absolute atomic E-state index is 0.255. The lowest BCUT2D eigenvalue weighted by Gasteiger charge is -2.44. The Bertz CT molecular complexity index is 1060. The average Bonchev–Trinajstić information content (AvgIpc) is 3.02. The number of aryl methyl sites for hydroxylation is 1. The summed E-state index contributed by atoms with van der Waals surface area (Å²) < 4.78 is 13.4. The highest BCUT2D eigenvalue weighted by Gasteiger charge is 2.54. The second-order valence-corrected chi connectivity index (χ2v) is 8.99. The van der Waals surface area contributed by atoms with E-state index < -0.39 is 5.60 Å². The van der Waals surface area contributed by atoms with Gasteiger partial charge in [-0.3, -0.25) is 0 Å². The number of para-hydroxylation sites is 1. The van der Waals surface area contributed by atoms with E-state index in [1.807, 2.05) is 31.3 Å². The van der Waals surface area contributed by atoms with Crippen molar-refractivity contribution in [2.75, 3.05) is 11.9 Å². The summed E-state index contributed by atoms with van der Waals surface area (Å²) in [6.45, 7) is 6.18. The molecule has 2 aliphatic carbocycles. The van der Waals surface area contributed by atoms with Crippen molar-refractivity contribution < 1.29 is 14.6 Å². The Labute approximate surface area is 183 Å². The molecule has 2 aromatic carbocycles. The van der Waals surface area contributed by atoms with Crippen LogP contribution in [0.4, 0.5) is 10.1 Å². The molecule has 2 aliphatic rings. The van der Waals surface area contributed by atoms with Gasteiger partial charge in [-0.2, -0.15) is 0 Å². The summed E-state index contributed by atoms with van der Waals surface area (Å²) in [5.41, 5.74) is 3.89. The monoisotopic (exact) mass is 419 g/mol. The molecule has 4 rings (SSSR count). The molecule has 2 aromatic rings. The summed E-state index contributed by atoms with van der Waals surface area (Å²) in [6.07, 6.45) is 7.49. The predicted molar refractivity (Wildman–Crippen MR) is 123 cm³/mol. The number of anilines is 1. The van der Waals surface area contributed by atoms with Gasteiger partial charge < -0.3 is 15.1 Å². The van der Waals surface area contributed by atoms with Crippen LogP contribution in [0.3, 0.4) is 0 Å². The lowest BCUT2D eigenvalue weighted by Crippen LogP contribution is -2.44. The lowest BCUT2D eigenvalue weighted by molar-refractivity contribution is -0.0462. The van der Waals surface area contributed by atoms with Crippen LogP contribution in [0.15, 0.2) is 84.1 Å². The van der Waals surface area contributed by atoms with Crippen molar-refractivity contribution in [3.05, 3.63) is 95.5 Å². The standard InChI is InChI=1S/C27H30FNO2/c1-4-19-18-26(2)21(17-24(19)29(3)23-11-9-22(28)10-12-23)14-16-27(26,31)15-13-20-7-5-6-8-25(20)30/h4-12,17,30-31H,1,13-16,18H2,2-3H3/t26?,27-/m0/s1. The van der Waals surface area contributed by atoms with Gasteiger partial charge in [0, 0.05) is 23.8 Å². The summed E-state index contributed by atoms with van der Waals surface area (Å²) in [5, 5.41) is 21.9. The maximum Gasteiger partial charge on any atom is 0.123 e. The highest BCUT2D eigenvalue weighted by molar-refractivity contribution is 5.59. The molecular formula is C27H30FNO2. The largest absolute Gasteiger partial charge is 0.508 e. The third kappa shape index (κ3) is 3.70. The smallest absolute Gasteiger partial charge is 0.123 e. The summed E-state index contributed by atoms with van der Waals surface area (Å²) in [7, 11) is 1.98. The number of likely N-dealkylation sites (N-methyl/N-ethyl adjacent to an activating group) is 1. The van der Waals surface area contributed by atoms with Crippen LogP contribution in [0, 0.1) is 11.2 Å². The van der Waals surface area contributed by atoms with Crippen LogP contribution in [0.25, 0.3) is 0 Å². The second-order valence-electron chi connectivity index (χ2n) is 8.99. The van der Waals surface area contributed by atoms with Gasteiger partial charge in [-0.1, -0.05) is 43.4 Å². The van der Waals surface area contributed by atoms with Crippen molar-refractivity contribution in [1.29, 1.82) is 0 Å². The summed E-state index contributed by atoms with van der Waals surface area (Å²) in [5.74, 6) is 0.0264. The number of phenols is 1. The van der Waals surface area contributed by atoms with E-state index in [0.29, 0.717) is 25.7 Å². The van der Waals surface area contributed by atoms with E-state index in [0.717, 1.165) is 28.9 Å². The van der Waals surface area contributed by atoms with Gasteiger partial charge in [-0.25, -0.2) is 4.39 Å². The van der Waals surface area contributed by atoms with E-state index in [9.17, 15) is 14.6 Å². The number of phenolic OH excluding ortho intramolecular Hbond substituents is 1. The highest BCUT2D eigenvalue weighted by atomic mass is 19.1. The first kappa shape index (κ1) is 21.4. The SMILES string of the molecule is C=CC1=C(N(C)c2ccc(F)cc2)C=C2CC[C@@](O)(CCc3ccccc3O)C2(C)C1. The maximum atomic E-state index is 13.4. The number of allylic oxidation sites excluding steroid dienone is 3. The van der Waals surface area contributed by atoms with Crippen molar-refractivity contribution in [2.24, 2.45) is 5.41 Å². The fourth-order valence-electron chi connectivity index (χ4n) is 5.19. The molecular weight excluding hydrogens is 389 g/mol. The van der Waals surface area contributed by atoms with Gasteiger partial charge in [0.2, 0.25) is 0 Å². The van der Waals surface area contributed by atoms with Crippen LogP contribution in [-0.4, -0.2) is 22.9 Å². The van der Waals surface area contributed by atoms with E-state index in [4.69, 9.17) is 0 Å². The molecule has 0 aromatic heterocycles. The maximum absolute atomic E-state index is 13.4. The van der Waals surface area contributed by atoms with Gasteiger partial charge in [0.1, 0.15) is 11.6 Å². The molecule has 162 valence electrons. The second kappa shape index (κ2) is 8.01. The van der Waals surface area contributed by atoms with E-state index in [-0.39, 0.29) is 17.0 Å². The third-order valence-corrected chi connectivity index (χ3v) is 7.35. The van der Waals surface area contributed by atoms with Crippen LogP contribution in [0.1, 0.15) is 38.2 Å². The Hall–Kier alpha value is -2.85. The fourth-order valence-corrected chi connectivity index (χ4v) is 5.19. The number of halogens is 1. The van der Waals surface area contributed by atoms with Crippen molar-refractivity contribution in [3.8, 4) is 5.75 Å². The topological polar surface area (TPSA) is 43.7 Å². The molecule has 1 saturated carbocycles. The van der Waals surface area contributed by atoms with Crippen molar-refractivity contribution >= 4 is 5.69 Å². The number of benzene rings is 2. The van der Waals surface area contributed by atoms with E-state index in [1.165, 1.54) is 17.7 Å². The zero-order chi connectivity index (χ0) is 22.2. The molecule has 0 aliphatic heterocycles. The molecule has 31 heavy (non-hydrogen) atoms. The van der Waals surface area contributed by atoms with E-state index >= 15 is 0 Å². The molecule has 0 spiro atoms. The minimum atomic E-state index is -0.852. The first-order valence-electron chi connectivity index (χ1n) is 10.8. The van der Waals surface area contributed by atoms with Crippen LogP contribution in [0.5, 0.6) is 5.75 Å². The van der Waals surface area contributed by atoms with Crippen LogP contribution in [-0.2, 0) is 6.42 Å². The lowest BCUT2D eigenvalue weighted by atomic mass is 9.65. The van der Waals surface area contributed by atoms with Crippen molar-refractivity contribution in [3.63, 3.8) is 0 Å². The number of aromatic hydroxyl groups is 1. The number of hydrogen-bond acceptors (Lipinski definition) is 3. The predicted octanol–water partition coefficient (Wildman–Crippen LogP) is 5.90. The summed E-state index contributed by atoms with van der Waals surface area (Å²) in [6, 6.07) is 13.8. The molecule has 0 radical (unpaired) electrons. The minimum Gasteiger partial charge on any atom is -0.508 e. The number of rotatable bonds is 6. The van der Waals surface area contributed by atoms with Crippen LogP contribution >= 0.6 is 0 Å². The van der Waals surface area contributed by atoms with Crippen LogP contribution in [0.2, 0.25) is 0 Å². The Morgan fingerprint density at radius 3 is 2.55 bits per heavy atom. The normalized spacial score (nSPS) is 25.2. The molecule has 0 bridgehead atoms. The number of aliphatic hydroxyl groups is 1. The third-order valence-electron chi connectivity index (χ3n) is 7.35. The van der Waals surface area contributed by atoms with Gasteiger partial charge >= 0.3 is 0 Å². The zero-order valence-electron chi connectivity index (χ0n) is 18.2. The fraction of sp³-hybridized carbons (Fsp3) is 0.333. The number of fused-ring (bicyclic) bond motifs is 1. The number of nitrogens with zero attached hydrogens (tertiary/aromatic N) is 1. The first-order valence-corrected chi connectivity index (χ1v) is 10.8. The molecule has 1 fully saturated rings. The van der Waals surface area contributed by atoms with Gasteiger partial charge in [-0.05, 0) is 79.6 Å². The Morgan fingerprint density at radius 1 is 1.16 bits per heavy atom. The van der Waals surface area contributed by atoms with Gasteiger partial charge in [0.15, 0.2) is 0 Å². The van der Waals surface area contributed by atoms with E-state index in [1.54, 1.807) is 18.2 Å². The quantitative estimate of drug-likeness (QED) is 0.612. The molecule has 0 amide bonds. The molecule has 3 nitrogen and oxygen atoms in total. The molecule has 0 heterocycles. The van der Waals surface area contributed by atoms with Crippen LogP contribution < -0.4 is 4.90 Å². The molecule has 1 unspecified atom stereocenters. The zero-order valence-corrected chi connectivity index (χ0v) is 18.2. The Kier molecular flexibility index (Phi) is 5.52. The molecule has 4 heteroatoms. The summed E-state index contributed by atoms with van der Waals surface area (Å²) >= 11 is 0. The van der Waals surface area contributed by atoms with Gasteiger partial charge in [0.25, 0.3) is 0 Å². The van der Waals surface area contributed by atoms with Crippen molar-refractivity contribution in [2.45, 2.75) is 44.6 Å². The van der Waals surface area contributed by atoms with E-state index in [2.05, 4.69) is 24.5 Å². The molecule has 2 N–H and O–H groups in total. The van der Waals surface area contributed by atoms with Gasteiger partial charge in [-0.15, -0.1) is 0 Å². The first-order chi connectivity index (χ1) is 14.8. The Morgan fingerprint density at radius 2 is 1.87 bits per heavy atom. The Balaban J connectivity index is 1.61. The number of hydrogen-bond donors (Lipinski definition) is 2. The average molecular weight is 420 g/mol. The van der Waals surface area contributed by atoms with Gasteiger partial charge in [0.05, 0.1) is 5.60 Å². The highest BCUT2D eigenvalue weighted by Crippen LogP contribution is 2.58. The molecule has 2 atom stereocenters. The van der Waals surface area contributed by atoms with Crippen molar-refractivity contribution in [1.82, 2.24) is 0 Å². The molecule has 0 saturated heterocycles.